The summed E-state index contributed by atoms with van der Waals surface area (Å²) in [5, 5.41) is 6.86. The van der Waals surface area contributed by atoms with Crippen molar-refractivity contribution >= 4 is 35.0 Å². The molecular weight excluding hydrogens is 413 g/mol. The quantitative estimate of drug-likeness (QED) is 0.661. The van der Waals surface area contributed by atoms with E-state index in [9.17, 15) is 22.8 Å². The molecule has 29 heavy (non-hydrogen) atoms. The molecule has 0 saturated carbocycles. The second kappa shape index (κ2) is 10.9. The van der Waals surface area contributed by atoms with Crippen molar-refractivity contribution in [1.29, 1.82) is 0 Å². The van der Waals surface area contributed by atoms with E-state index in [-0.39, 0.29) is 24.2 Å². The summed E-state index contributed by atoms with van der Waals surface area (Å²) in [5.41, 5.74) is 6.26. The maximum Gasteiger partial charge on any atom is 0.490 e. The molecule has 11 heteroatoms. The van der Waals surface area contributed by atoms with Gasteiger partial charge in [0.15, 0.2) is 0 Å². The molecule has 1 saturated heterocycles. The third-order valence-corrected chi connectivity index (χ3v) is 4.14. The Morgan fingerprint density at radius 1 is 1.28 bits per heavy atom. The SMILES string of the molecule is CC(C)COc1ccc(/C=C2\SC(=O)N(CCN)C2=O)cc1.O=C(O)C(F)(F)F. The molecule has 0 spiro atoms. The highest BCUT2D eigenvalue weighted by atomic mass is 32.2. The molecule has 3 N–H and O–H groups in total. The van der Waals surface area contributed by atoms with Crippen molar-refractivity contribution in [2.75, 3.05) is 19.7 Å². The van der Waals surface area contributed by atoms with Crippen LogP contribution in [0.3, 0.4) is 0 Å². The molecule has 0 aliphatic carbocycles. The van der Waals surface area contributed by atoms with Gasteiger partial charge in [-0.2, -0.15) is 13.2 Å². The van der Waals surface area contributed by atoms with Gasteiger partial charge < -0.3 is 15.6 Å². The van der Waals surface area contributed by atoms with Crippen molar-refractivity contribution < 1.29 is 37.4 Å². The first-order chi connectivity index (χ1) is 13.5. The number of amides is 2. The zero-order chi connectivity index (χ0) is 22.2. The molecular formula is C18H21F3N2O5S. The summed E-state index contributed by atoms with van der Waals surface area (Å²) in [4.78, 5) is 34.3. The lowest BCUT2D eigenvalue weighted by molar-refractivity contribution is -0.192. The molecule has 7 nitrogen and oxygen atoms in total. The van der Waals surface area contributed by atoms with Crippen LogP contribution in [0.4, 0.5) is 18.0 Å². The molecule has 0 atom stereocenters. The van der Waals surface area contributed by atoms with Crippen LogP contribution in [0.25, 0.3) is 6.08 Å². The fraction of sp³-hybridized carbons (Fsp3) is 0.389. The van der Waals surface area contributed by atoms with E-state index in [0.717, 1.165) is 23.1 Å². The Bertz CT molecular complexity index is 764. The second-order valence-electron chi connectivity index (χ2n) is 6.20. The van der Waals surface area contributed by atoms with Gasteiger partial charge in [0.25, 0.3) is 11.1 Å². The first-order valence-electron chi connectivity index (χ1n) is 8.44. The highest BCUT2D eigenvalue weighted by Crippen LogP contribution is 2.32. The smallest absolute Gasteiger partial charge is 0.490 e. The summed E-state index contributed by atoms with van der Waals surface area (Å²) < 4.78 is 37.3. The number of nitrogens with zero attached hydrogens (tertiary/aromatic N) is 1. The molecule has 2 rings (SSSR count). The van der Waals surface area contributed by atoms with Crippen LogP contribution in [-0.4, -0.2) is 53.0 Å². The Morgan fingerprint density at radius 3 is 2.28 bits per heavy atom. The lowest BCUT2D eigenvalue weighted by atomic mass is 10.2. The van der Waals surface area contributed by atoms with Crippen LogP contribution in [0, 0.1) is 5.92 Å². The Morgan fingerprint density at radius 2 is 1.83 bits per heavy atom. The molecule has 0 aromatic heterocycles. The minimum absolute atomic E-state index is 0.254. The highest BCUT2D eigenvalue weighted by molar-refractivity contribution is 8.18. The van der Waals surface area contributed by atoms with E-state index in [0.29, 0.717) is 17.4 Å². The lowest BCUT2D eigenvalue weighted by Gasteiger charge is -2.09. The van der Waals surface area contributed by atoms with Gasteiger partial charge in [-0.25, -0.2) is 4.79 Å². The standard InChI is InChI=1S/C16H20N2O3S.C2HF3O2/c1-11(2)10-21-13-5-3-12(4-6-13)9-14-15(19)18(8-7-17)16(20)22-14;3-2(4,5)1(6)7/h3-6,9,11H,7-8,10,17H2,1-2H3;(H,6,7)/b14-9-;. The third kappa shape index (κ3) is 8.16. The number of carboxylic acid groups (broad SMARTS) is 1. The summed E-state index contributed by atoms with van der Waals surface area (Å²) in [6, 6.07) is 7.45. The van der Waals surface area contributed by atoms with E-state index in [1.54, 1.807) is 6.08 Å². The van der Waals surface area contributed by atoms with Gasteiger partial charge >= 0.3 is 12.1 Å². The number of alkyl halides is 3. The number of imide groups is 1. The summed E-state index contributed by atoms with van der Waals surface area (Å²) in [5.74, 6) is -1.77. The molecule has 1 heterocycles. The Hall–Kier alpha value is -2.53. The van der Waals surface area contributed by atoms with Crippen molar-refractivity contribution in [2.45, 2.75) is 20.0 Å². The molecule has 0 radical (unpaired) electrons. The van der Waals surface area contributed by atoms with Gasteiger partial charge in [0.2, 0.25) is 0 Å². The molecule has 0 unspecified atom stereocenters. The number of halogens is 3. The number of thioether (sulfide) groups is 1. The zero-order valence-corrected chi connectivity index (χ0v) is 16.5. The Balaban J connectivity index is 0.000000516. The number of benzene rings is 1. The van der Waals surface area contributed by atoms with Crippen LogP contribution in [-0.2, 0) is 9.59 Å². The van der Waals surface area contributed by atoms with Crippen LogP contribution >= 0.6 is 11.8 Å². The molecule has 160 valence electrons. The summed E-state index contributed by atoms with van der Waals surface area (Å²) >= 11 is 0.947. The molecule has 1 aliphatic heterocycles. The normalized spacial score (nSPS) is 15.6. The third-order valence-electron chi connectivity index (χ3n) is 3.23. The zero-order valence-electron chi connectivity index (χ0n) is 15.7. The van der Waals surface area contributed by atoms with Crippen molar-refractivity contribution in [1.82, 2.24) is 4.90 Å². The fourth-order valence-corrected chi connectivity index (χ4v) is 2.76. The topological polar surface area (TPSA) is 110 Å². The van der Waals surface area contributed by atoms with Gasteiger partial charge in [-0.05, 0) is 41.5 Å². The number of hydrogen-bond acceptors (Lipinski definition) is 6. The van der Waals surface area contributed by atoms with Gasteiger partial charge in [0.05, 0.1) is 11.5 Å². The number of aliphatic carboxylic acids is 1. The second-order valence-corrected chi connectivity index (χ2v) is 7.19. The molecule has 1 aromatic carbocycles. The van der Waals surface area contributed by atoms with Gasteiger partial charge in [-0.3, -0.25) is 14.5 Å². The van der Waals surface area contributed by atoms with Crippen molar-refractivity contribution in [3.05, 3.63) is 34.7 Å². The van der Waals surface area contributed by atoms with E-state index in [1.165, 1.54) is 4.90 Å². The predicted molar refractivity (Wildman–Crippen MR) is 102 cm³/mol. The first kappa shape index (κ1) is 24.5. The lowest BCUT2D eigenvalue weighted by Crippen LogP contribution is -2.33. The minimum Gasteiger partial charge on any atom is -0.493 e. The average Bonchev–Trinajstić information content (AvgIpc) is 2.88. The number of hydrogen-bond donors (Lipinski definition) is 2. The number of carbonyl (C=O) groups excluding carboxylic acids is 2. The van der Waals surface area contributed by atoms with E-state index >= 15 is 0 Å². The first-order valence-corrected chi connectivity index (χ1v) is 9.25. The number of nitrogens with two attached hydrogens (primary N) is 1. The molecule has 2 amide bonds. The molecule has 0 bridgehead atoms. The number of carboxylic acids is 1. The average molecular weight is 434 g/mol. The molecule has 1 fully saturated rings. The minimum atomic E-state index is -5.08. The Labute approximate surface area is 169 Å². The summed E-state index contributed by atoms with van der Waals surface area (Å²) in [6.07, 6.45) is -3.37. The number of carbonyl (C=O) groups is 3. The summed E-state index contributed by atoms with van der Waals surface area (Å²) in [7, 11) is 0. The van der Waals surface area contributed by atoms with Gasteiger partial charge in [-0.15, -0.1) is 0 Å². The van der Waals surface area contributed by atoms with E-state index in [4.69, 9.17) is 20.4 Å². The van der Waals surface area contributed by atoms with Gasteiger partial charge in [0.1, 0.15) is 5.75 Å². The largest absolute Gasteiger partial charge is 0.493 e. The molecule has 1 aromatic rings. The number of ether oxygens (including phenoxy) is 1. The predicted octanol–water partition coefficient (Wildman–Crippen LogP) is 3.35. The fourth-order valence-electron chi connectivity index (χ4n) is 1.90. The van der Waals surface area contributed by atoms with Crippen LogP contribution < -0.4 is 10.5 Å². The van der Waals surface area contributed by atoms with Crippen LogP contribution in [0.5, 0.6) is 5.75 Å². The monoisotopic (exact) mass is 434 g/mol. The highest BCUT2D eigenvalue weighted by Gasteiger charge is 2.38. The maximum absolute atomic E-state index is 12.1. The van der Waals surface area contributed by atoms with E-state index < -0.39 is 12.1 Å². The van der Waals surface area contributed by atoms with Crippen molar-refractivity contribution in [2.24, 2.45) is 11.7 Å². The molecule has 1 aliphatic rings. The summed E-state index contributed by atoms with van der Waals surface area (Å²) in [6.45, 7) is 5.37. The van der Waals surface area contributed by atoms with Crippen LogP contribution in [0.15, 0.2) is 29.2 Å². The van der Waals surface area contributed by atoms with Gasteiger partial charge in [0, 0.05) is 13.1 Å². The van der Waals surface area contributed by atoms with E-state index in [1.807, 2.05) is 24.3 Å². The van der Waals surface area contributed by atoms with Crippen molar-refractivity contribution in [3.8, 4) is 5.75 Å². The van der Waals surface area contributed by atoms with Gasteiger partial charge in [-0.1, -0.05) is 26.0 Å². The van der Waals surface area contributed by atoms with Crippen LogP contribution in [0.1, 0.15) is 19.4 Å². The Kier molecular flexibility index (Phi) is 9.18. The van der Waals surface area contributed by atoms with Crippen LogP contribution in [0.2, 0.25) is 0 Å². The van der Waals surface area contributed by atoms with E-state index in [2.05, 4.69) is 13.8 Å². The maximum atomic E-state index is 12.1. The number of rotatable bonds is 6. The van der Waals surface area contributed by atoms with Crippen molar-refractivity contribution in [3.63, 3.8) is 0 Å².